The van der Waals surface area contributed by atoms with Gasteiger partial charge in [0, 0.05) is 28.1 Å². The molecule has 2 unspecified atom stereocenters. The fourth-order valence-corrected chi connectivity index (χ4v) is 5.67. The van der Waals surface area contributed by atoms with Crippen LogP contribution in [0.1, 0.15) is 29.3 Å². The number of carbonyl (C=O) groups excluding carboxylic acids is 1. The van der Waals surface area contributed by atoms with E-state index >= 15 is 0 Å². The van der Waals surface area contributed by atoms with E-state index in [1.165, 1.54) is 0 Å². The molecule has 0 aromatic heterocycles. The van der Waals surface area contributed by atoms with Gasteiger partial charge in [-0.25, -0.2) is 13.1 Å². The SMILES string of the molecule is Cc1ccccc1C(=O)Nc1ccc(S(=O)(=O)NC2CCNCC2C)c2ccccc12. The van der Waals surface area contributed by atoms with Gasteiger partial charge in [0.25, 0.3) is 5.91 Å². The van der Waals surface area contributed by atoms with Crippen molar-refractivity contribution in [1.29, 1.82) is 0 Å². The Balaban J connectivity index is 1.68. The maximum absolute atomic E-state index is 13.2. The number of hydrogen-bond acceptors (Lipinski definition) is 4. The van der Waals surface area contributed by atoms with Crippen LogP contribution in [-0.4, -0.2) is 33.5 Å². The van der Waals surface area contributed by atoms with Crippen molar-refractivity contribution < 1.29 is 13.2 Å². The summed E-state index contributed by atoms with van der Waals surface area (Å²) in [5, 5.41) is 7.50. The molecule has 0 saturated carbocycles. The second kappa shape index (κ2) is 8.78. The van der Waals surface area contributed by atoms with E-state index in [-0.39, 0.29) is 22.8 Å². The molecule has 0 aliphatic carbocycles. The zero-order valence-electron chi connectivity index (χ0n) is 17.7. The summed E-state index contributed by atoms with van der Waals surface area (Å²) in [6.07, 6.45) is 0.753. The number of anilines is 1. The molecule has 1 fully saturated rings. The summed E-state index contributed by atoms with van der Waals surface area (Å²) in [5.41, 5.74) is 2.05. The number of fused-ring (bicyclic) bond motifs is 1. The number of amides is 1. The van der Waals surface area contributed by atoms with E-state index in [2.05, 4.69) is 15.4 Å². The lowest BCUT2D eigenvalue weighted by Crippen LogP contribution is -2.48. The van der Waals surface area contributed by atoms with Gasteiger partial charge in [-0.1, -0.05) is 49.4 Å². The van der Waals surface area contributed by atoms with Crippen molar-refractivity contribution in [2.24, 2.45) is 5.92 Å². The molecule has 4 rings (SSSR count). The molecule has 3 N–H and O–H groups in total. The summed E-state index contributed by atoms with van der Waals surface area (Å²) >= 11 is 0. The quantitative estimate of drug-likeness (QED) is 0.568. The Hall–Kier alpha value is -2.74. The van der Waals surface area contributed by atoms with Crippen molar-refractivity contribution in [1.82, 2.24) is 10.0 Å². The van der Waals surface area contributed by atoms with Crippen LogP contribution in [0.3, 0.4) is 0 Å². The molecule has 1 heterocycles. The van der Waals surface area contributed by atoms with Crippen LogP contribution in [0.5, 0.6) is 0 Å². The zero-order valence-corrected chi connectivity index (χ0v) is 18.5. The van der Waals surface area contributed by atoms with Crippen molar-refractivity contribution >= 4 is 32.4 Å². The van der Waals surface area contributed by atoms with Crippen LogP contribution >= 0.6 is 0 Å². The molecule has 1 aliphatic heterocycles. The monoisotopic (exact) mass is 437 g/mol. The zero-order chi connectivity index (χ0) is 22.0. The molecular formula is C24H27N3O3S. The summed E-state index contributed by atoms with van der Waals surface area (Å²) in [7, 11) is -3.71. The highest BCUT2D eigenvalue weighted by Gasteiger charge is 2.28. The fourth-order valence-electron chi connectivity index (χ4n) is 4.08. The van der Waals surface area contributed by atoms with Gasteiger partial charge in [0.05, 0.1) is 4.90 Å². The number of sulfonamides is 1. The van der Waals surface area contributed by atoms with Crippen LogP contribution in [0.15, 0.2) is 65.6 Å². The number of carbonyl (C=O) groups is 1. The van der Waals surface area contributed by atoms with Crippen molar-refractivity contribution in [2.45, 2.75) is 31.2 Å². The second-order valence-corrected chi connectivity index (χ2v) is 9.81. The van der Waals surface area contributed by atoms with E-state index in [4.69, 9.17) is 0 Å². The first-order chi connectivity index (χ1) is 14.9. The Kier molecular flexibility index (Phi) is 6.09. The van der Waals surface area contributed by atoms with Crippen molar-refractivity contribution in [3.8, 4) is 0 Å². The largest absolute Gasteiger partial charge is 0.321 e. The maximum atomic E-state index is 13.2. The summed E-state index contributed by atoms with van der Waals surface area (Å²) in [6.45, 7) is 5.51. The Morgan fingerprint density at radius 1 is 1.00 bits per heavy atom. The first-order valence-corrected chi connectivity index (χ1v) is 12.0. The predicted octanol–water partition coefficient (Wildman–Crippen LogP) is 3.68. The molecule has 3 aromatic carbocycles. The van der Waals surface area contributed by atoms with E-state index in [0.29, 0.717) is 22.0 Å². The molecule has 1 saturated heterocycles. The third-order valence-electron chi connectivity index (χ3n) is 5.90. The van der Waals surface area contributed by atoms with Gasteiger partial charge in [-0.05, 0) is 56.1 Å². The highest BCUT2D eigenvalue weighted by atomic mass is 32.2. The summed E-state index contributed by atoms with van der Waals surface area (Å²) in [4.78, 5) is 13.0. The molecule has 162 valence electrons. The van der Waals surface area contributed by atoms with Gasteiger partial charge in [0.2, 0.25) is 10.0 Å². The fraction of sp³-hybridized carbons (Fsp3) is 0.292. The van der Waals surface area contributed by atoms with Crippen LogP contribution in [0, 0.1) is 12.8 Å². The van der Waals surface area contributed by atoms with Gasteiger partial charge in [0.1, 0.15) is 0 Å². The Bertz CT molecular complexity index is 1220. The van der Waals surface area contributed by atoms with E-state index in [0.717, 1.165) is 25.1 Å². The van der Waals surface area contributed by atoms with Crippen LogP contribution in [-0.2, 0) is 10.0 Å². The van der Waals surface area contributed by atoms with Crippen LogP contribution in [0.4, 0.5) is 5.69 Å². The second-order valence-electron chi connectivity index (χ2n) is 8.12. The van der Waals surface area contributed by atoms with Gasteiger partial charge in [-0.15, -0.1) is 0 Å². The minimum atomic E-state index is -3.71. The van der Waals surface area contributed by atoms with Gasteiger partial charge in [0.15, 0.2) is 0 Å². The van der Waals surface area contributed by atoms with Gasteiger partial charge in [-0.3, -0.25) is 4.79 Å². The molecule has 0 spiro atoms. The van der Waals surface area contributed by atoms with Gasteiger partial charge < -0.3 is 10.6 Å². The Labute approximate surface area is 183 Å². The number of piperidine rings is 1. The van der Waals surface area contributed by atoms with E-state index in [9.17, 15) is 13.2 Å². The summed E-state index contributed by atoms with van der Waals surface area (Å²) < 4.78 is 29.4. The normalized spacial score (nSPS) is 19.3. The van der Waals surface area contributed by atoms with Crippen molar-refractivity contribution in [3.63, 3.8) is 0 Å². The molecule has 0 bridgehead atoms. The van der Waals surface area contributed by atoms with Crippen LogP contribution in [0.2, 0.25) is 0 Å². The molecule has 0 radical (unpaired) electrons. The third-order valence-corrected chi connectivity index (χ3v) is 7.45. The summed E-state index contributed by atoms with van der Waals surface area (Å²) in [5.74, 6) is -0.0111. The van der Waals surface area contributed by atoms with Crippen molar-refractivity contribution in [2.75, 3.05) is 18.4 Å². The lowest BCUT2D eigenvalue weighted by molar-refractivity contribution is 0.102. The van der Waals surface area contributed by atoms with Gasteiger partial charge >= 0.3 is 0 Å². The maximum Gasteiger partial charge on any atom is 0.255 e. The number of rotatable bonds is 5. The number of hydrogen-bond donors (Lipinski definition) is 3. The van der Waals surface area contributed by atoms with E-state index < -0.39 is 10.0 Å². The molecule has 3 aromatic rings. The van der Waals surface area contributed by atoms with Crippen LogP contribution < -0.4 is 15.4 Å². The minimum absolute atomic E-state index is 0.106. The number of benzene rings is 3. The third kappa shape index (κ3) is 4.49. The smallest absolute Gasteiger partial charge is 0.255 e. The molecule has 31 heavy (non-hydrogen) atoms. The predicted molar refractivity (Wildman–Crippen MR) is 124 cm³/mol. The number of nitrogens with one attached hydrogen (secondary N) is 3. The average Bonchev–Trinajstić information content (AvgIpc) is 2.75. The Morgan fingerprint density at radius 3 is 2.45 bits per heavy atom. The van der Waals surface area contributed by atoms with Crippen molar-refractivity contribution in [3.05, 3.63) is 71.8 Å². The topological polar surface area (TPSA) is 87.3 Å². The highest BCUT2D eigenvalue weighted by Crippen LogP contribution is 2.30. The lowest BCUT2D eigenvalue weighted by Gasteiger charge is -2.30. The molecular weight excluding hydrogens is 410 g/mol. The van der Waals surface area contributed by atoms with Crippen LogP contribution in [0.25, 0.3) is 10.8 Å². The first-order valence-electron chi connectivity index (χ1n) is 10.5. The standard InChI is InChI=1S/C24H27N3O3S/c1-16-7-3-4-8-18(16)24(28)26-22-11-12-23(20-10-6-5-9-19(20)22)31(29,30)27-21-13-14-25-15-17(21)2/h3-12,17,21,25,27H,13-15H2,1-2H3,(H,26,28). The molecule has 2 atom stereocenters. The van der Waals surface area contributed by atoms with E-state index in [1.807, 2.05) is 44.2 Å². The summed E-state index contributed by atoms with van der Waals surface area (Å²) in [6, 6.07) is 17.8. The molecule has 6 nitrogen and oxygen atoms in total. The van der Waals surface area contributed by atoms with E-state index in [1.54, 1.807) is 30.3 Å². The minimum Gasteiger partial charge on any atom is -0.321 e. The highest BCUT2D eigenvalue weighted by molar-refractivity contribution is 7.89. The average molecular weight is 438 g/mol. The lowest BCUT2D eigenvalue weighted by atomic mass is 9.97. The Morgan fingerprint density at radius 2 is 1.71 bits per heavy atom. The van der Waals surface area contributed by atoms with Gasteiger partial charge in [-0.2, -0.15) is 0 Å². The molecule has 1 aliphatic rings. The molecule has 1 amide bonds. The molecule has 7 heteroatoms. The number of aryl methyl sites for hydroxylation is 1. The first kappa shape index (κ1) is 21.5.